The van der Waals surface area contributed by atoms with Gasteiger partial charge in [0.2, 0.25) is 0 Å². The molecule has 3 N–H and O–H groups in total. The fraction of sp³-hybridized carbons (Fsp3) is 0.536. The van der Waals surface area contributed by atoms with Crippen LogP contribution in [0.25, 0.3) is 0 Å². The van der Waals surface area contributed by atoms with Gasteiger partial charge < -0.3 is 24.8 Å². The molecule has 39 heavy (non-hydrogen) atoms. The Kier molecular flexibility index (Phi) is 11.4. The Morgan fingerprint density at radius 3 is 2.54 bits per heavy atom. The Labute approximate surface area is 236 Å². The molecular formula is C28H40ClN3O6S. The zero-order valence-electron chi connectivity index (χ0n) is 23.0. The largest absolute Gasteiger partial charge is 0.490 e. The van der Waals surface area contributed by atoms with Crippen LogP contribution in [0, 0.1) is 5.92 Å². The number of carbonyl (C=O) groups is 1. The summed E-state index contributed by atoms with van der Waals surface area (Å²) < 4.78 is 41.0. The van der Waals surface area contributed by atoms with Crippen LogP contribution in [0.1, 0.15) is 50.4 Å². The summed E-state index contributed by atoms with van der Waals surface area (Å²) >= 11 is 5.91. The van der Waals surface area contributed by atoms with Crippen LogP contribution < -0.4 is 14.8 Å². The van der Waals surface area contributed by atoms with Gasteiger partial charge in [0.25, 0.3) is 15.9 Å². The van der Waals surface area contributed by atoms with Gasteiger partial charge in [-0.05, 0) is 82.6 Å². The number of aliphatic hydroxyl groups excluding tert-OH is 1. The van der Waals surface area contributed by atoms with Crippen molar-refractivity contribution in [3.8, 4) is 5.75 Å². The molecule has 0 unspecified atom stereocenters. The minimum atomic E-state index is -3.93. The lowest BCUT2D eigenvalue weighted by molar-refractivity contribution is -0.000450. The van der Waals surface area contributed by atoms with E-state index in [1.807, 2.05) is 20.9 Å². The standard InChI is InChI=1S/C28H40ClN3O6S/c1-19-17-32(20(2)18-33)28(34)25-15-23(31-39(35,36)24-11-8-22(29)9-12-24)10-13-26(25)38-21(3)7-5-6-14-37-27(19)16-30-4/h8-13,15,19-21,27,30-31,33H,5-7,14,16-18H2,1-4H3/t19-,20-,21-,27-/m1/s1. The first-order valence-corrected chi connectivity index (χ1v) is 15.2. The highest BCUT2D eigenvalue weighted by Crippen LogP contribution is 2.29. The minimum Gasteiger partial charge on any atom is -0.490 e. The van der Waals surface area contributed by atoms with Gasteiger partial charge in [0.1, 0.15) is 5.75 Å². The highest BCUT2D eigenvalue weighted by molar-refractivity contribution is 7.92. The molecule has 3 rings (SSSR count). The molecule has 2 aromatic rings. The lowest BCUT2D eigenvalue weighted by atomic mass is 10.0. The summed E-state index contributed by atoms with van der Waals surface area (Å²) in [5.74, 6) is -0.0311. The van der Waals surface area contributed by atoms with E-state index in [1.165, 1.54) is 30.3 Å². The van der Waals surface area contributed by atoms with Crippen LogP contribution in [0.3, 0.4) is 0 Å². The summed E-state index contributed by atoms with van der Waals surface area (Å²) in [4.78, 5) is 15.7. The van der Waals surface area contributed by atoms with Crippen molar-refractivity contribution in [2.24, 2.45) is 5.92 Å². The summed E-state index contributed by atoms with van der Waals surface area (Å²) in [6.07, 6.45) is 2.26. The number of halogens is 1. The van der Waals surface area contributed by atoms with Crippen LogP contribution in [0.15, 0.2) is 47.4 Å². The van der Waals surface area contributed by atoms with Crippen molar-refractivity contribution in [2.75, 3.05) is 38.1 Å². The number of rotatable bonds is 7. The number of amides is 1. The maximum atomic E-state index is 14.0. The Morgan fingerprint density at radius 2 is 1.87 bits per heavy atom. The monoisotopic (exact) mass is 581 g/mol. The molecule has 2 aromatic carbocycles. The molecule has 1 aliphatic heterocycles. The van der Waals surface area contributed by atoms with Crippen LogP contribution in [0.2, 0.25) is 5.02 Å². The third-order valence-electron chi connectivity index (χ3n) is 6.83. The number of sulfonamides is 1. The molecule has 0 spiro atoms. The van der Waals surface area contributed by atoms with E-state index in [-0.39, 0.29) is 46.8 Å². The Balaban J connectivity index is 2.02. The molecule has 0 saturated heterocycles. The van der Waals surface area contributed by atoms with Crippen LogP contribution >= 0.6 is 11.6 Å². The summed E-state index contributed by atoms with van der Waals surface area (Å²) in [7, 11) is -2.06. The van der Waals surface area contributed by atoms with Crippen LogP contribution in [-0.2, 0) is 14.8 Å². The van der Waals surface area contributed by atoms with Gasteiger partial charge in [-0.25, -0.2) is 8.42 Å². The number of ether oxygens (including phenoxy) is 2. The lowest BCUT2D eigenvalue weighted by Crippen LogP contribution is -2.47. The molecule has 0 fully saturated rings. The molecule has 9 nitrogen and oxygen atoms in total. The van der Waals surface area contributed by atoms with Gasteiger partial charge in [0.15, 0.2) is 0 Å². The Bertz CT molecular complexity index is 1190. The maximum Gasteiger partial charge on any atom is 0.261 e. The second-order valence-electron chi connectivity index (χ2n) is 10.1. The van der Waals surface area contributed by atoms with E-state index in [4.69, 9.17) is 21.1 Å². The van der Waals surface area contributed by atoms with Gasteiger partial charge in [0, 0.05) is 36.3 Å². The van der Waals surface area contributed by atoms with Gasteiger partial charge in [-0.15, -0.1) is 0 Å². The van der Waals surface area contributed by atoms with Crippen molar-refractivity contribution >= 4 is 33.2 Å². The number of aliphatic hydroxyl groups is 1. The van der Waals surface area contributed by atoms with E-state index in [0.29, 0.717) is 30.5 Å². The normalized spacial score (nSPS) is 22.4. The third kappa shape index (κ3) is 8.56. The maximum absolute atomic E-state index is 14.0. The number of likely N-dealkylation sites (N-methyl/N-ethyl adjacent to an activating group) is 1. The van der Waals surface area contributed by atoms with Crippen LogP contribution in [-0.4, -0.2) is 75.9 Å². The van der Waals surface area contributed by atoms with Gasteiger partial charge in [-0.1, -0.05) is 18.5 Å². The Morgan fingerprint density at radius 1 is 1.15 bits per heavy atom. The molecule has 4 atom stereocenters. The predicted octanol–water partition coefficient (Wildman–Crippen LogP) is 4.16. The molecule has 0 saturated carbocycles. The van der Waals surface area contributed by atoms with Crippen molar-refractivity contribution in [3.05, 3.63) is 53.1 Å². The summed E-state index contributed by atoms with van der Waals surface area (Å²) in [6, 6.07) is 10.0. The molecule has 216 valence electrons. The molecule has 1 amide bonds. The zero-order valence-corrected chi connectivity index (χ0v) is 24.6. The minimum absolute atomic E-state index is 0.0341. The fourth-order valence-corrected chi connectivity index (χ4v) is 5.68. The summed E-state index contributed by atoms with van der Waals surface area (Å²) in [5, 5.41) is 13.6. The van der Waals surface area contributed by atoms with Gasteiger partial charge in [-0.2, -0.15) is 0 Å². The highest BCUT2D eigenvalue weighted by Gasteiger charge is 2.30. The smallest absolute Gasteiger partial charge is 0.261 e. The first kappa shape index (κ1) is 31.2. The number of nitrogens with zero attached hydrogens (tertiary/aromatic N) is 1. The van der Waals surface area contributed by atoms with E-state index in [0.717, 1.165) is 19.3 Å². The van der Waals surface area contributed by atoms with Crippen LogP contribution in [0.5, 0.6) is 5.75 Å². The van der Waals surface area contributed by atoms with Crippen LogP contribution in [0.4, 0.5) is 5.69 Å². The second kappa shape index (κ2) is 14.3. The number of hydrogen-bond acceptors (Lipinski definition) is 7. The van der Waals surface area contributed by atoms with Crippen molar-refractivity contribution in [3.63, 3.8) is 0 Å². The third-order valence-corrected chi connectivity index (χ3v) is 8.48. The fourth-order valence-electron chi connectivity index (χ4n) is 4.51. The van der Waals surface area contributed by atoms with Gasteiger partial charge >= 0.3 is 0 Å². The average Bonchev–Trinajstić information content (AvgIpc) is 2.90. The molecule has 0 bridgehead atoms. The lowest BCUT2D eigenvalue weighted by Gasteiger charge is -2.34. The van der Waals surface area contributed by atoms with Crippen molar-refractivity contribution in [1.82, 2.24) is 10.2 Å². The Hall–Kier alpha value is -2.37. The summed E-state index contributed by atoms with van der Waals surface area (Å²) in [5.41, 5.74) is 0.435. The number of benzene rings is 2. The highest BCUT2D eigenvalue weighted by atomic mass is 35.5. The molecule has 11 heteroatoms. The van der Waals surface area contributed by atoms with Crippen molar-refractivity contribution < 1.29 is 27.8 Å². The summed E-state index contributed by atoms with van der Waals surface area (Å²) in [6.45, 7) is 7.09. The average molecular weight is 582 g/mol. The zero-order chi connectivity index (χ0) is 28.6. The molecular weight excluding hydrogens is 542 g/mol. The number of hydrogen-bond donors (Lipinski definition) is 3. The number of nitrogens with one attached hydrogen (secondary N) is 2. The van der Waals surface area contributed by atoms with E-state index < -0.39 is 16.1 Å². The SMILES string of the molecule is CNC[C@H]1OCCCC[C@@H](C)Oc2ccc(NS(=O)(=O)c3ccc(Cl)cc3)cc2C(=O)N([C@H](C)CO)C[C@H]1C. The second-order valence-corrected chi connectivity index (χ2v) is 12.2. The van der Waals surface area contributed by atoms with E-state index >= 15 is 0 Å². The van der Waals surface area contributed by atoms with Gasteiger partial charge in [0.05, 0.1) is 35.3 Å². The van der Waals surface area contributed by atoms with E-state index in [9.17, 15) is 18.3 Å². The molecule has 0 aliphatic carbocycles. The van der Waals surface area contributed by atoms with E-state index in [2.05, 4.69) is 10.0 Å². The molecule has 1 heterocycles. The number of anilines is 1. The number of carbonyl (C=O) groups excluding carboxylic acids is 1. The molecule has 0 radical (unpaired) electrons. The molecule has 1 aliphatic rings. The topological polar surface area (TPSA) is 117 Å². The first-order chi connectivity index (χ1) is 18.6. The predicted molar refractivity (Wildman–Crippen MR) is 153 cm³/mol. The number of fused-ring (bicyclic) bond motifs is 1. The van der Waals surface area contributed by atoms with E-state index in [1.54, 1.807) is 24.0 Å². The van der Waals surface area contributed by atoms with Crippen molar-refractivity contribution in [1.29, 1.82) is 0 Å². The molecule has 0 aromatic heterocycles. The van der Waals surface area contributed by atoms with Crippen molar-refractivity contribution in [2.45, 2.75) is 63.2 Å². The van der Waals surface area contributed by atoms with Gasteiger partial charge in [-0.3, -0.25) is 9.52 Å². The first-order valence-electron chi connectivity index (χ1n) is 13.3. The quantitative estimate of drug-likeness (QED) is 0.449.